The largest absolute Gasteiger partial charge is 0.352 e. The fourth-order valence-corrected chi connectivity index (χ4v) is 4.72. The molecule has 1 aromatic carbocycles. The van der Waals surface area contributed by atoms with E-state index >= 15 is 0 Å². The molecule has 2 N–H and O–H groups in total. The molecule has 0 unspecified atom stereocenters. The molecule has 0 fully saturated rings. The Bertz CT molecular complexity index is 1520. The normalized spacial score (nSPS) is 11.5. The maximum atomic E-state index is 4.63. The van der Waals surface area contributed by atoms with E-state index in [0.717, 1.165) is 56.3 Å². The summed E-state index contributed by atoms with van der Waals surface area (Å²) in [5.41, 5.74) is 9.69. The number of fused-ring (bicyclic) bond motifs is 2. The highest BCUT2D eigenvalue weighted by atomic mass is 32.1. The number of nitrogens with zero attached hydrogens (tertiary/aromatic N) is 3. The molecule has 0 spiro atoms. The zero-order chi connectivity index (χ0) is 20.8. The molecule has 6 rings (SSSR count). The third-order valence-electron chi connectivity index (χ3n) is 5.73. The Morgan fingerprint density at radius 1 is 0.839 bits per heavy atom. The van der Waals surface area contributed by atoms with Crippen LogP contribution in [-0.4, -0.2) is 25.1 Å². The van der Waals surface area contributed by atoms with Crippen molar-refractivity contribution in [1.29, 1.82) is 0 Å². The van der Waals surface area contributed by atoms with Gasteiger partial charge in [-0.3, -0.25) is 15.1 Å². The van der Waals surface area contributed by atoms with E-state index < -0.39 is 0 Å². The van der Waals surface area contributed by atoms with Crippen LogP contribution in [0, 0.1) is 0 Å². The Morgan fingerprint density at radius 2 is 1.77 bits per heavy atom. The Balaban J connectivity index is 1.50. The van der Waals surface area contributed by atoms with Gasteiger partial charge < -0.3 is 4.98 Å². The molecule has 0 aliphatic rings. The van der Waals surface area contributed by atoms with Crippen LogP contribution in [0.5, 0.6) is 0 Å². The van der Waals surface area contributed by atoms with Crippen LogP contribution in [0.3, 0.4) is 0 Å². The second-order valence-corrected chi connectivity index (χ2v) is 8.39. The summed E-state index contributed by atoms with van der Waals surface area (Å²) < 4.78 is 0. The van der Waals surface area contributed by atoms with Gasteiger partial charge in [-0.05, 0) is 64.2 Å². The van der Waals surface area contributed by atoms with E-state index in [1.54, 1.807) is 11.3 Å². The molecule has 0 bridgehead atoms. The van der Waals surface area contributed by atoms with Gasteiger partial charge in [0.1, 0.15) is 5.69 Å². The van der Waals surface area contributed by atoms with Gasteiger partial charge >= 0.3 is 0 Å². The number of hydrogen-bond acceptors (Lipinski definition) is 4. The zero-order valence-corrected chi connectivity index (χ0v) is 17.7. The molecule has 0 aliphatic carbocycles. The minimum absolute atomic E-state index is 0.906. The van der Waals surface area contributed by atoms with E-state index in [0.29, 0.717) is 0 Å². The van der Waals surface area contributed by atoms with Gasteiger partial charge in [0.05, 0.1) is 22.9 Å². The SMILES string of the molecule is CCc1cncc(-c2ccc3[nH]nc(-c4cc5c(-c6ccsc6)cncc5[nH]4)c3c2)c1. The molecule has 0 saturated carbocycles. The molecule has 5 aromatic heterocycles. The van der Waals surface area contributed by atoms with E-state index in [2.05, 4.69) is 79.2 Å². The van der Waals surface area contributed by atoms with Crippen LogP contribution >= 0.6 is 11.3 Å². The number of thiophene rings is 1. The molecule has 6 heteroatoms. The molecule has 0 atom stereocenters. The number of nitrogens with one attached hydrogen (secondary N) is 2. The van der Waals surface area contributed by atoms with Gasteiger partial charge in [-0.25, -0.2) is 0 Å². The van der Waals surface area contributed by atoms with Gasteiger partial charge in [-0.1, -0.05) is 13.0 Å². The molecule has 0 radical (unpaired) electrons. The number of benzene rings is 1. The van der Waals surface area contributed by atoms with Crippen molar-refractivity contribution in [3.63, 3.8) is 0 Å². The lowest BCUT2D eigenvalue weighted by Gasteiger charge is -2.04. The Hall–Kier alpha value is -3.77. The van der Waals surface area contributed by atoms with Crippen molar-refractivity contribution in [3.05, 3.63) is 77.5 Å². The average Bonchev–Trinajstić information content (AvgIpc) is 3.57. The van der Waals surface area contributed by atoms with Crippen molar-refractivity contribution >= 4 is 33.1 Å². The van der Waals surface area contributed by atoms with Crippen LogP contribution in [-0.2, 0) is 6.42 Å². The van der Waals surface area contributed by atoms with Crippen molar-refractivity contribution in [2.24, 2.45) is 0 Å². The van der Waals surface area contributed by atoms with Crippen LogP contribution < -0.4 is 0 Å². The van der Waals surface area contributed by atoms with Crippen LogP contribution in [0.1, 0.15) is 12.5 Å². The summed E-state index contributed by atoms with van der Waals surface area (Å²) in [6.45, 7) is 2.15. The second-order valence-electron chi connectivity index (χ2n) is 7.61. The van der Waals surface area contributed by atoms with Gasteiger partial charge in [0.15, 0.2) is 0 Å². The predicted molar refractivity (Wildman–Crippen MR) is 127 cm³/mol. The average molecular weight is 422 g/mol. The summed E-state index contributed by atoms with van der Waals surface area (Å²) in [7, 11) is 0. The minimum atomic E-state index is 0.906. The number of rotatable bonds is 4. The number of aromatic amines is 2. The molecule has 5 nitrogen and oxygen atoms in total. The third kappa shape index (κ3) is 3.04. The summed E-state index contributed by atoms with van der Waals surface area (Å²) in [6, 6.07) is 12.9. The van der Waals surface area contributed by atoms with Gasteiger partial charge in [0.25, 0.3) is 0 Å². The number of H-pyrrole nitrogens is 2. The van der Waals surface area contributed by atoms with Crippen LogP contribution in [0.2, 0.25) is 0 Å². The lowest BCUT2D eigenvalue weighted by Crippen LogP contribution is -1.86. The van der Waals surface area contributed by atoms with E-state index in [1.165, 1.54) is 11.1 Å². The van der Waals surface area contributed by atoms with Gasteiger partial charge in [-0.15, -0.1) is 0 Å². The molecular formula is C25H19N5S. The Labute approximate surface area is 182 Å². The van der Waals surface area contributed by atoms with E-state index in [9.17, 15) is 0 Å². The lowest BCUT2D eigenvalue weighted by atomic mass is 10.0. The summed E-state index contributed by atoms with van der Waals surface area (Å²) in [5, 5.41) is 14.3. The molecular weight excluding hydrogens is 402 g/mol. The highest BCUT2D eigenvalue weighted by Crippen LogP contribution is 2.35. The third-order valence-corrected chi connectivity index (χ3v) is 6.42. The second kappa shape index (κ2) is 7.18. The Morgan fingerprint density at radius 3 is 2.65 bits per heavy atom. The fourth-order valence-electron chi connectivity index (χ4n) is 4.06. The molecule has 0 aliphatic heterocycles. The van der Waals surface area contributed by atoms with E-state index in [1.807, 2.05) is 24.8 Å². The maximum absolute atomic E-state index is 4.63. The standard InChI is InChI=1S/C25H19N5S/c1-2-15-7-18(11-26-10-15)16-3-4-22-20(8-16)25(30-29-22)23-9-19-21(17-5-6-31-14-17)12-27-13-24(19)28-23/h3-14,28H,2H2,1H3,(H,29,30). The lowest BCUT2D eigenvalue weighted by molar-refractivity contribution is 1.10. The van der Waals surface area contributed by atoms with Crippen molar-refractivity contribution in [2.75, 3.05) is 0 Å². The first kappa shape index (κ1) is 18.0. The molecule has 5 heterocycles. The van der Waals surface area contributed by atoms with Crippen molar-refractivity contribution in [2.45, 2.75) is 13.3 Å². The van der Waals surface area contributed by atoms with Crippen molar-refractivity contribution in [3.8, 4) is 33.6 Å². The van der Waals surface area contributed by atoms with Gasteiger partial charge in [-0.2, -0.15) is 16.4 Å². The molecule has 150 valence electrons. The molecule has 6 aromatic rings. The van der Waals surface area contributed by atoms with E-state index in [-0.39, 0.29) is 0 Å². The zero-order valence-electron chi connectivity index (χ0n) is 16.9. The van der Waals surface area contributed by atoms with Crippen molar-refractivity contribution in [1.82, 2.24) is 25.1 Å². The number of pyridine rings is 2. The van der Waals surface area contributed by atoms with Gasteiger partial charge in [0.2, 0.25) is 0 Å². The number of hydrogen-bond donors (Lipinski definition) is 2. The fraction of sp³-hybridized carbons (Fsp3) is 0.0800. The molecule has 31 heavy (non-hydrogen) atoms. The first-order chi connectivity index (χ1) is 15.3. The van der Waals surface area contributed by atoms with Crippen molar-refractivity contribution < 1.29 is 0 Å². The first-order valence-corrected chi connectivity index (χ1v) is 11.2. The minimum Gasteiger partial charge on any atom is -0.352 e. The number of aromatic nitrogens is 5. The van der Waals surface area contributed by atoms with Crippen LogP contribution in [0.25, 0.3) is 55.4 Å². The molecule has 0 amide bonds. The highest BCUT2D eigenvalue weighted by molar-refractivity contribution is 7.08. The monoisotopic (exact) mass is 421 g/mol. The molecule has 0 saturated heterocycles. The number of aryl methyl sites for hydroxylation is 1. The van der Waals surface area contributed by atoms with Crippen LogP contribution in [0.4, 0.5) is 0 Å². The van der Waals surface area contributed by atoms with Gasteiger partial charge in [0, 0.05) is 40.5 Å². The first-order valence-electron chi connectivity index (χ1n) is 10.2. The topological polar surface area (TPSA) is 70.2 Å². The smallest absolute Gasteiger partial charge is 0.116 e. The summed E-state index contributed by atoms with van der Waals surface area (Å²) in [6.07, 6.45) is 8.61. The van der Waals surface area contributed by atoms with E-state index in [4.69, 9.17) is 0 Å². The summed E-state index contributed by atoms with van der Waals surface area (Å²) in [4.78, 5) is 12.4. The quantitative estimate of drug-likeness (QED) is 0.343. The maximum Gasteiger partial charge on any atom is 0.116 e. The highest BCUT2D eigenvalue weighted by Gasteiger charge is 2.15. The Kier molecular flexibility index (Phi) is 4.18. The van der Waals surface area contributed by atoms with Crippen LogP contribution in [0.15, 0.2) is 71.9 Å². The predicted octanol–water partition coefficient (Wildman–Crippen LogP) is 6.46. The summed E-state index contributed by atoms with van der Waals surface area (Å²) >= 11 is 1.69. The summed E-state index contributed by atoms with van der Waals surface area (Å²) in [5.74, 6) is 0.